The van der Waals surface area contributed by atoms with Crippen LogP contribution >= 0.6 is 0 Å². The summed E-state index contributed by atoms with van der Waals surface area (Å²) >= 11 is 0. The molecule has 0 amide bonds. The molecule has 0 aliphatic carbocycles. The first kappa shape index (κ1) is 22.9. The zero-order chi connectivity index (χ0) is 17.9. The number of carboxylic acid groups (broad SMARTS) is 2. The lowest BCUT2D eigenvalue weighted by Crippen LogP contribution is -1.97. The van der Waals surface area contributed by atoms with Gasteiger partial charge in [-0.15, -0.1) is 0 Å². The summed E-state index contributed by atoms with van der Waals surface area (Å²) in [6, 6.07) is 0. The smallest absolute Gasteiger partial charge is 0.303 e. The third-order valence-corrected chi connectivity index (χ3v) is 4.11. The average molecular weight is 344 g/mol. The van der Waals surface area contributed by atoms with Gasteiger partial charge in [0.1, 0.15) is 0 Å². The van der Waals surface area contributed by atoms with Crippen molar-refractivity contribution < 1.29 is 24.5 Å². The third-order valence-electron chi connectivity index (χ3n) is 4.11. The van der Waals surface area contributed by atoms with Gasteiger partial charge in [-0.3, -0.25) is 9.59 Å². The van der Waals surface area contributed by atoms with Crippen molar-refractivity contribution in [3.63, 3.8) is 0 Å². The van der Waals surface area contributed by atoms with Crippen molar-refractivity contribution in [2.75, 3.05) is 13.2 Å². The Labute approximate surface area is 146 Å². The van der Waals surface area contributed by atoms with Crippen molar-refractivity contribution in [3.8, 4) is 0 Å². The standard InChI is InChI=1S/C19H36O5/c20-18(21)14-10-6-2-1-4-8-12-16-24-17-13-9-5-3-7-11-15-19(22)23/h1-17H2,(H,20,21)(H,22,23). The van der Waals surface area contributed by atoms with E-state index in [9.17, 15) is 9.59 Å². The number of unbranched alkanes of at least 4 members (excludes halogenated alkanes) is 11. The lowest BCUT2D eigenvalue weighted by Gasteiger charge is -2.05. The molecular weight excluding hydrogens is 308 g/mol. The molecule has 0 atom stereocenters. The zero-order valence-electron chi connectivity index (χ0n) is 15.1. The maximum Gasteiger partial charge on any atom is 0.303 e. The Bertz CT molecular complexity index is 274. The summed E-state index contributed by atoms with van der Waals surface area (Å²) in [5.41, 5.74) is 0. The molecule has 142 valence electrons. The Hall–Kier alpha value is -1.10. The normalized spacial score (nSPS) is 10.8. The molecule has 24 heavy (non-hydrogen) atoms. The van der Waals surface area contributed by atoms with Crippen LogP contribution in [0.5, 0.6) is 0 Å². The zero-order valence-corrected chi connectivity index (χ0v) is 15.1. The predicted octanol–water partition coefficient (Wildman–Crippen LogP) is 5.02. The minimum Gasteiger partial charge on any atom is -0.481 e. The van der Waals surface area contributed by atoms with E-state index in [4.69, 9.17) is 14.9 Å². The van der Waals surface area contributed by atoms with Gasteiger partial charge < -0.3 is 14.9 Å². The molecule has 0 saturated heterocycles. The van der Waals surface area contributed by atoms with E-state index in [1.54, 1.807) is 0 Å². The van der Waals surface area contributed by atoms with Crippen LogP contribution in [0, 0.1) is 0 Å². The van der Waals surface area contributed by atoms with Crippen LogP contribution in [0.2, 0.25) is 0 Å². The van der Waals surface area contributed by atoms with Crippen LogP contribution in [0.25, 0.3) is 0 Å². The van der Waals surface area contributed by atoms with E-state index in [2.05, 4.69) is 0 Å². The highest BCUT2D eigenvalue weighted by Crippen LogP contribution is 2.09. The van der Waals surface area contributed by atoms with E-state index in [1.807, 2.05) is 0 Å². The fraction of sp³-hybridized carbons (Fsp3) is 0.895. The van der Waals surface area contributed by atoms with E-state index in [-0.39, 0.29) is 0 Å². The Morgan fingerprint density at radius 1 is 0.500 bits per heavy atom. The number of carbonyl (C=O) groups is 2. The quantitative estimate of drug-likeness (QED) is 0.321. The minimum atomic E-state index is -0.693. The fourth-order valence-electron chi connectivity index (χ4n) is 2.65. The first-order valence-corrected chi connectivity index (χ1v) is 9.64. The Morgan fingerprint density at radius 2 is 0.792 bits per heavy atom. The second-order valence-electron chi connectivity index (χ2n) is 6.50. The van der Waals surface area contributed by atoms with Gasteiger partial charge in [0.15, 0.2) is 0 Å². The van der Waals surface area contributed by atoms with Crippen molar-refractivity contribution in [3.05, 3.63) is 0 Å². The van der Waals surface area contributed by atoms with Crippen molar-refractivity contribution in [1.29, 1.82) is 0 Å². The van der Waals surface area contributed by atoms with Gasteiger partial charge in [0.25, 0.3) is 0 Å². The summed E-state index contributed by atoms with van der Waals surface area (Å²) in [5, 5.41) is 17.0. The maximum absolute atomic E-state index is 10.3. The number of hydrogen-bond acceptors (Lipinski definition) is 3. The van der Waals surface area contributed by atoms with E-state index in [0.717, 1.165) is 64.6 Å². The van der Waals surface area contributed by atoms with Crippen molar-refractivity contribution in [2.24, 2.45) is 0 Å². The van der Waals surface area contributed by atoms with E-state index in [0.29, 0.717) is 12.8 Å². The number of ether oxygens (including phenoxy) is 1. The molecule has 0 aromatic rings. The van der Waals surface area contributed by atoms with Crippen LogP contribution in [-0.4, -0.2) is 35.4 Å². The highest BCUT2D eigenvalue weighted by atomic mass is 16.5. The van der Waals surface area contributed by atoms with Crippen LogP contribution in [-0.2, 0) is 14.3 Å². The Kier molecular flexibility index (Phi) is 17.4. The minimum absolute atomic E-state index is 0.297. The second-order valence-corrected chi connectivity index (χ2v) is 6.50. The van der Waals surface area contributed by atoms with Gasteiger partial charge >= 0.3 is 11.9 Å². The first-order chi connectivity index (χ1) is 11.6. The summed E-state index contributed by atoms with van der Waals surface area (Å²) in [6.07, 6.45) is 14.7. The number of rotatable bonds is 19. The molecule has 0 fully saturated rings. The molecule has 0 radical (unpaired) electrons. The van der Waals surface area contributed by atoms with Gasteiger partial charge in [-0.05, 0) is 25.7 Å². The predicted molar refractivity (Wildman–Crippen MR) is 95.3 cm³/mol. The highest BCUT2D eigenvalue weighted by molar-refractivity contribution is 5.66. The molecule has 0 aromatic heterocycles. The van der Waals surface area contributed by atoms with Crippen molar-refractivity contribution >= 4 is 11.9 Å². The Morgan fingerprint density at radius 3 is 1.12 bits per heavy atom. The van der Waals surface area contributed by atoms with Gasteiger partial charge in [-0.25, -0.2) is 0 Å². The molecule has 0 aliphatic rings. The SMILES string of the molecule is O=C(O)CCCCCCCCCOCCCCCCCCC(=O)O. The summed E-state index contributed by atoms with van der Waals surface area (Å²) in [4.78, 5) is 20.7. The second kappa shape index (κ2) is 18.2. The van der Waals surface area contributed by atoms with E-state index in [1.165, 1.54) is 32.1 Å². The van der Waals surface area contributed by atoms with E-state index < -0.39 is 11.9 Å². The molecule has 2 N–H and O–H groups in total. The lowest BCUT2D eigenvalue weighted by molar-refractivity contribution is -0.138. The van der Waals surface area contributed by atoms with Crippen LogP contribution < -0.4 is 0 Å². The van der Waals surface area contributed by atoms with Crippen molar-refractivity contribution in [2.45, 2.75) is 96.3 Å². The number of aliphatic carboxylic acids is 2. The first-order valence-electron chi connectivity index (χ1n) is 9.64. The van der Waals surface area contributed by atoms with Crippen LogP contribution in [0.15, 0.2) is 0 Å². The average Bonchev–Trinajstić information content (AvgIpc) is 2.53. The summed E-state index contributed by atoms with van der Waals surface area (Å²) in [5.74, 6) is -1.38. The molecule has 0 spiro atoms. The van der Waals surface area contributed by atoms with Gasteiger partial charge in [0.05, 0.1) is 0 Å². The van der Waals surface area contributed by atoms with Crippen LogP contribution in [0.3, 0.4) is 0 Å². The summed E-state index contributed by atoms with van der Waals surface area (Å²) in [7, 11) is 0. The highest BCUT2D eigenvalue weighted by Gasteiger charge is 1.98. The monoisotopic (exact) mass is 344 g/mol. The van der Waals surface area contributed by atoms with Crippen molar-refractivity contribution in [1.82, 2.24) is 0 Å². The van der Waals surface area contributed by atoms with E-state index >= 15 is 0 Å². The van der Waals surface area contributed by atoms with Crippen LogP contribution in [0.4, 0.5) is 0 Å². The molecule has 0 rings (SSSR count). The molecule has 0 saturated carbocycles. The topological polar surface area (TPSA) is 83.8 Å². The van der Waals surface area contributed by atoms with Gasteiger partial charge in [-0.1, -0.05) is 57.8 Å². The largest absolute Gasteiger partial charge is 0.481 e. The maximum atomic E-state index is 10.3. The van der Waals surface area contributed by atoms with Crippen LogP contribution in [0.1, 0.15) is 96.3 Å². The summed E-state index contributed by atoms with van der Waals surface area (Å²) in [6.45, 7) is 1.68. The molecular formula is C19H36O5. The molecule has 0 unspecified atom stereocenters. The van der Waals surface area contributed by atoms with Gasteiger partial charge in [0.2, 0.25) is 0 Å². The van der Waals surface area contributed by atoms with Gasteiger partial charge in [-0.2, -0.15) is 0 Å². The van der Waals surface area contributed by atoms with Gasteiger partial charge in [0, 0.05) is 26.1 Å². The molecule has 0 aliphatic heterocycles. The fourth-order valence-corrected chi connectivity index (χ4v) is 2.65. The molecule has 5 heteroatoms. The molecule has 0 aromatic carbocycles. The number of carboxylic acids is 2. The molecule has 0 heterocycles. The third kappa shape index (κ3) is 20.9. The molecule has 5 nitrogen and oxygen atoms in total. The Balaban J connectivity index is 3.00. The lowest BCUT2D eigenvalue weighted by atomic mass is 10.1. The number of hydrogen-bond donors (Lipinski definition) is 2. The summed E-state index contributed by atoms with van der Waals surface area (Å²) < 4.78 is 5.62. The molecule has 0 bridgehead atoms.